The molecule has 0 aliphatic heterocycles. The molecule has 1 unspecified atom stereocenters. The number of nitro groups is 1. The smallest absolute Gasteiger partial charge is 0.270 e. The monoisotopic (exact) mass is 349 g/mol. The van der Waals surface area contributed by atoms with E-state index >= 15 is 0 Å². The first-order valence-corrected chi connectivity index (χ1v) is 7.13. The molecular formula is C14H21Cl2N3O3. The highest BCUT2D eigenvalue weighted by molar-refractivity contribution is 6.31. The van der Waals surface area contributed by atoms with Crippen molar-refractivity contribution in [1.29, 1.82) is 0 Å². The maximum Gasteiger partial charge on any atom is 0.270 e. The van der Waals surface area contributed by atoms with Gasteiger partial charge in [0, 0.05) is 24.7 Å². The number of benzene rings is 1. The Morgan fingerprint density at radius 1 is 1.45 bits per heavy atom. The summed E-state index contributed by atoms with van der Waals surface area (Å²) in [5, 5.41) is 13.7. The maximum atomic E-state index is 12.0. The van der Waals surface area contributed by atoms with Gasteiger partial charge < -0.3 is 11.1 Å². The minimum Gasteiger partial charge on any atom is -0.352 e. The molecule has 1 aromatic carbocycles. The summed E-state index contributed by atoms with van der Waals surface area (Å²) in [6.45, 7) is 4.49. The summed E-state index contributed by atoms with van der Waals surface area (Å²) in [5.41, 5.74) is 6.09. The molecule has 1 amide bonds. The van der Waals surface area contributed by atoms with E-state index in [2.05, 4.69) is 19.2 Å². The summed E-state index contributed by atoms with van der Waals surface area (Å²) >= 11 is 5.96. The molecule has 0 spiro atoms. The number of nitrogens with zero attached hydrogens (tertiary/aromatic N) is 1. The van der Waals surface area contributed by atoms with Crippen molar-refractivity contribution in [2.45, 2.75) is 32.7 Å². The maximum absolute atomic E-state index is 12.0. The molecule has 0 aromatic heterocycles. The summed E-state index contributed by atoms with van der Waals surface area (Å²) in [7, 11) is 0. The molecule has 22 heavy (non-hydrogen) atoms. The first kappa shape index (κ1) is 20.6. The van der Waals surface area contributed by atoms with E-state index < -0.39 is 4.92 Å². The van der Waals surface area contributed by atoms with E-state index in [1.165, 1.54) is 18.2 Å². The highest BCUT2D eigenvalue weighted by atomic mass is 35.5. The van der Waals surface area contributed by atoms with Crippen LogP contribution in [0.5, 0.6) is 0 Å². The fourth-order valence-corrected chi connectivity index (χ4v) is 2.27. The van der Waals surface area contributed by atoms with Crippen molar-refractivity contribution in [2.75, 3.05) is 6.54 Å². The lowest BCUT2D eigenvalue weighted by molar-refractivity contribution is -0.384. The molecule has 124 valence electrons. The molecule has 0 aliphatic carbocycles. The summed E-state index contributed by atoms with van der Waals surface area (Å²) < 4.78 is 0. The summed E-state index contributed by atoms with van der Waals surface area (Å²) in [6.07, 6.45) is 0.877. The molecular weight excluding hydrogens is 329 g/mol. The van der Waals surface area contributed by atoms with E-state index in [-0.39, 0.29) is 41.5 Å². The van der Waals surface area contributed by atoms with Crippen molar-refractivity contribution < 1.29 is 9.72 Å². The SMILES string of the molecule is CC(C)CC(CN)NC(=O)Cc1ccc([N+](=O)[O-])cc1Cl.Cl. The van der Waals surface area contributed by atoms with Crippen LogP contribution >= 0.6 is 24.0 Å². The van der Waals surface area contributed by atoms with Crippen LogP contribution in [0.1, 0.15) is 25.8 Å². The Labute approximate surface area is 141 Å². The van der Waals surface area contributed by atoms with Gasteiger partial charge in [0.15, 0.2) is 0 Å². The Morgan fingerprint density at radius 2 is 2.09 bits per heavy atom. The van der Waals surface area contributed by atoms with Crippen LogP contribution in [0, 0.1) is 16.0 Å². The number of carbonyl (C=O) groups is 1. The van der Waals surface area contributed by atoms with E-state index in [9.17, 15) is 14.9 Å². The van der Waals surface area contributed by atoms with Crippen molar-refractivity contribution in [2.24, 2.45) is 11.7 Å². The number of nitrogens with one attached hydrogen (secondary N) is 1. The van der Waals surface area contributed by atoms with Gasteiger partial charge in [-0.25, -0.2) is 0 Å². The van der Waals surface area contributed by atoms with Gasteiger partial charge >= 0.3 is 0 Å². The number of nitro benzene ring substituents is 1. The third kappa shape index (κ3) is 6.60. The van der Waals surface area contributed by atoms with Gasteiger partial charge in [0.05, 0.1) is 16.4 Å². The largest absolute Gasteiger partial charge is 0.352 e. The lowest BCUT2D eigenvalue weighted by Gasteiger charge is -2.19. The highest BCUT2D eigenvalue weighted by Crippen LogP contribution is 2.22. The molecule has 0 saturated carbocycles. The molecule has 1 atom stereocenters. The fraction of sp³-hybridized carbons (Fsp3) is 0.500. The van der Waals surface area contributed by atoms with Crippen molar-refractivity contribution >= 4 is 35.6 Å². The molecule has 0 saturated heterocycles. The number of halogens is 2. The van der Waals surface area contributed by atoms with Crippen molar-refractivity contribution in [3.63, 3.8) is 0 Å². The topological polar surface area (TPSA) is 98.3 Å². The second-order valence-corrected chi connectivity index (χ2v) is 5.75. The van der Waals surface area contributed by atoms with Crippen LogP contribution in [-0.4, -0.2) is 23.4 Å². The third-order valence-electron chi connectivity index (χ3n) is 3.00. The van der Waals surface area contributed by atoms with Gasteiger partial charge in [-0.15, -0.1) is 12.4 Å². The van der Waals surface area contributed by atoms with Gasteiger partial charge in [-0.2, -0.15) is 0 Å². The van der Waals surface area contributed by atoms with Gasteiger partial charge in [-0.1, -0.05) is 31.5 Å². The number of amides is 1. The average Bonchev–Trinajstić information content (AvgIpc) is 2.39. The molecule has 0 bridgehead atoms. The molecule has 6 nitrogen and oxygen atoms in total. The van der Waals surface area contributed by atoms with Crippen molar-refractivity contribution in [1.82, 2.24) is 5.32 Å². The molecule has 3 N–H and O–H groups in total. The molecule has 0 radical (unpaired) electrons. The molecule has 8 heteroatoms. The first-order valence-electron chi connectivity index (χ1n) is 6.75. The van der Waals surface area contributed by atoms with E-state index in [1.54, 1.807) is 0 Å². The van der Waals surface area contributed by atoms with Crippen LogP contribution < -0.4 is 11.1 Å². The standard InChI is InChI=1S/C14H20ClN3O3.ClH/c1-9(2)5-11(8-16)17-14(19)6-10-3-4-12(18(20)21)7-13(10)15;/h3-4,7,9,11H,5-6,8,16H2,1-2H3,(H,17,19);1H. The van der Waals surface area contributed by atoms with Crippen LogP contribution in [0.4, 0.5) is 5.69 Å². The Morgan fingerprint density at radius 3 is 2.55 bits per heavy atom. The Balaban J connectivity index is 0.00000441. The first-order chi connectivity index (χ1) is 9.83. The fourth-order valence-electron chi connectivity index (χ4n) is 2.03. The zero-order valence-electron chi connectivity index (χ0n) is 12.5. The van der Waals surface area contributed by atoms with Gasteiger partial charge in [-0.3, -0.25) is 14.9 Å². The van der Waals surface area contributed by atoms with Gasteiger partial charge in [0.25, 0.3) is 5.69 Å². The Kier molecular flexibility index (Phi) is 9.01. The predicted octanol–water partition coefficient (Wildman–Crippen LogP) is 2.70. The summed E-state index contributed by atoms with van der Waals surface area (Å²) in [6, 6.07) is 4.01. The quantitative estimate of drug-likeness (QED) is 0.583. The van der Waals surface area contributed by atoms with E-state index in [1.807, 2.05) is 0 Å². The summed E-state index contributed by atoms with van der Waals surface area (Å²) in [5.74, 6) is 0.240. The Bertz CT molecular complexity index is 524. The van der Waals surface area contributed by atoms with Crippen molar-refractivity contribution in [3.05, 3.63) is 38.9 Å². The number of rotatable bonds is 7. The minimum atomic E-state index is -0.525. The molecule has 0 fully saturated rings. The van der Waals surface area contributed by atoms with Crippen LogP contribution in [0.2, 0.25) is 5.02 Å². The van der Waals surface area contributed by atoms with Gasteiger partial charge in [0.2, 0.25) is 5.91 Å². The van der Waals surface area contributed by atoms with E-state index in [0.29, 0.717) is 18.0 Å². The minimum absolute atomic E-state index is 0. The van der Waals surface area contributed by atoms with Crippen LogP contribution in [0.15, 0.2) is 18.2 Å². The Hall–Kier alpha value is -1.37. The molecule has 0 aliphatic rings. The normalized spacial score (nSPS) is 11.7. The lowest BCUT2D eigenvalue weighted by atomic mass is 10.0. The number of hydrogen-bond acceptors (Lipinski definition) is 4. The van der Waals surface area contributed by atoms with E-state index in [4.69, 9.17) is 17.3 Å². The molecule has 0 heterocycles. The number of non-ortho nitro benzene ring substituents is 1. The molecule has 1 rings (SSSR count). The van der Waals surface area contributed by atoms with Crippen LogP contribution in [0.25, 0.3) is 0 Å². The number of nitrogens with two attached hydrogens (primary N) is 1. The second-order valence-electron chi connectivity index (χ2n) is 5.34. The second kappa shape index (κ2) is 9.61. The number of carbonyl (C=O) groups excluding carboxylic acids is 1. The van der Waals surface area contributed by atoms with Crippen LogP contribution in [-0.2, 0) is 11.2 Å². The lowest BCUT2D eigenvalue weighted by Crippen LogP contribution is -2.41. The van der Waals surface area contributed by atoms with Crippen LogP contribution in [0.3, 0.4) is 0 Å². The van der Waals surface area contributed by atoms with Gasteiger partial charge in [-0.05, 0) is 17.9 Å². The van der Waals surface area contributed by atoms with Crippen molar-refractivity contribution in [3.8, 4) is 0 Å². The molecule has 1 aromatic rings. The zero-order chi connectivity index (χ0) is 16.0. The average molecular weight is 350 g/mol. The van der Waals surface area contributed by atoms with Gasteiger partial charge in [0.1, 0.15) is 0 Å². The zero-order valence-corrected chi connectivity index (χ0v) is 14.1. The predicted molar refractivity (Wildman–Crippen MR) is 89.5 cm³/mol. The van der Waals surface area contributed by atoms with E-state index in [0.717, 1.165) is 6.42 Å². The number of hydrogen-bond donors (Lipinski definition) is 2. The highest BCUT2D eigenvalue weighted by Gasteiger charge is 2.15. The summed E-state index contributed by atoms with van der Waals surface area (Å²) in [4.78, 5) is 22.1. The third-order valence-corrected chi connectivity index (χ3v) is 3.36.